The van der Waals surface area contributed by atoms with Crippen LogP contribution in [0.1, 0.15) is 26.2 Å². The van der Waals surface area contributed by atoms with E-state index < -0.39 is 0 Å². The van der Waals surface area contributed by atoms with Gasteiger partial charge in [-0.2, -0.15) is 0 Å². The molecule has 0 N–H and O–H groups in total. The lowest BCUT2D eigenvalue weighted by molar-refractivity contribution is 0.303. The van der Waals surface area contributed by atoms with E-state index in [1.807, 2.05) is 36.4 Å². The molecule has 0 aliphatic heterocycles. The molecule has 0 saturated carbocycles. The third-order valence-electron chi connectivity index (χ3n) is 2.47. The molecule has 0 spiro atoms. The van der Waals surface area contributed by atoms with Crippen LogP contribution >= 0.6 is 0 Å². The minimum Gasteiger partial charge on any atom is -0.494 e. The molecule has 0 bridgehead atoms. The zero-order valence-electron chi connectivity index (χ0n) is 9.49. The van der Waals surface area contributed by atoms with Gasteiger partial charge < -0.3 is 4.74 Å². The van der Waals surface area contributed by atoms with Crippen molar-refractivity contribution in [2.75, 3.05) is 6.61 Å². The van der Waals surface area contributed by atoms with Gasteiger partial charge in [0.25, 0.3) is 0 Å². The molecule has 1 nitrogen and oxygen atoms in total. The van der Waals surface area contributed by atoms with Crippen LogP contribution in [0, 0.1) is 5.92 Å². The topological polar surface area (TPSA) is 9.23 Å². The van der Waals surface area contributed by atoms with E-state index in [9.17, 15) is 0 Å². The molecule has 0 radical (unpaired) electrons. The second kappa shape index (κ2) is 7.10. The van der Waals surface area contributed by atoms with Crippen LogP contribution in [0.25, 0.3) is 0 Å². The van der Waals surface area contributed by atoms with Crippen LogP contribution in [-0.4, -0.2) is 6.61 Å². The number of rotatable bonds is 7. The Bertz CT molecular complexity index is 266. The van der Waals surface area contributed by atoms with Crippen LogP contribution in [0.15, 0.2) is 43.0 Å². The van der Waals surface area contributed by atoms with Crippen molar-refractivity contribution in [3.63, 3.8) is 0 Å². The normalized spacial score (nSPS) is 12.1. The van der Waals surface area contributed by atoms with Crippen LogP contribution in [0.5, 0.6) is 5.75 Å². The molecule has 0 aliphatic rings. The number of para-hydroxylation sites is 1. The van der Waals surface area contributed by atoms with Crippen molar-refractivity contribution in [3.05, 3.63) is 43.0 Å². The standard InChI is InChI=1S/C14H20O/c1-3-13(2)9-7-8-12-15-14-10-5-4-6-11-14/h3-6,10-11,13H,1,7-9,12H2,2H3. The lowest BCUT2D eigenvalue weighted by atomic mass is 10.1. The molecule has 0 heterocycles. The van der Waals surface area contributed by atoms with Gasteiger partial charge in [-0.15, -0.1) is 6.58 Å². The summed E-state index contributed by atoms with van der Waals surface area (Å²) in [6.07, 6.45) is 5.55. The maximum Gasteiger partial charge on any atom is 0.119 e. The summed E-state index contributed by atoms with van der Waals surface area (Å²) >= 11 is 0. The van der Waals surface area contributed by atoms with Gasteiger partial charge in [0.15, 0.2) is 0 Å². The Morgan fingerprint density at radius 3 is 2.67 bits per heavy atom. The van der Waals surface area contributed by atoms with Gasteiger partial charge in [0.2, 0.25) is 0 Å². The highest BCUT2D eigenvalue weighted by Crippen LogP contribution is 2.11. The number of allylic oxidation sites excluding steroid dienone is 1. The number of hydrogen-bond acceptors (Lipinski definition) is 1. The van der Waals surface area contributed by atoms with E-state index in [0.29, 0.717) is 5.92 Å². The van der Waals surface area contributed by atoms with Crippen molar-refractivity contribution in [1.29, 1.82) is 0 Å². The van der Waals surface area contributed by atoms with Gasteiger partial charge in [-0.1, -0.05) is 31.2 Å². The summed E-state index contributed by atoms with van der Waals surface area (Å²) in [6, 6.07) is 9.97. The maximum atomic E-state index is 5.60. The van der Waals surface area contributed by atoms with Crippen molar-refractivity contribution in [1.82, 2.24) is 0 Å². The Labute approximate surface area is 92.8 Å². The van der Waals surface area contributed by atoms with Crippen LogP contribution in [0.3, 0.4) is 0 Å². The molecular weight excluding hydrogens is 184 g/mol. The number of unbranched alkanes of at least 4 members (excludes halogenated alkanes) is 1. The summed E-state index contributed by atoms with van der Waals surface area (Å²) in [5.41, 5.74) is 0. The molecule has 0 aromatic heterocycles. The van der Waals surface area contributed by atoms with Crippen LogP contribution in [-0.2, 0) is 0 Å². The summed E-state index contributed by atoms with van der Waals surface area (Å²) < 4.78 is 5.60. The second-order valence-electron chi connectivity index (χ2n) is 3.87. The summed E-state index contributed by atoms with van der Waals surface area (Å²) in [5.74, 6) is 1.59. The summed E-state index contributed by atoms with van der Waals surface area (Å²) in [4.78, 5) is 0. The van der Waals surface area contributed by atoms with E-state index in [2.05, 4.69) is 13.5 Å². The van der Waals surface area contributed by atoms with E-state index in [0.717, 1.165) is 18.8 Å². The number of hydrogen-bond donors (Lipinski definition) is 0. The zero-order valence-corrected chi connectivity index (χ0v) is 9.49. The van der Waals surface area contributed by atoms with Crippen molar-refractivity contribution in [2.24, 2.45) is 5.92 Å². The average Bonchev–Trinajstić information content (AvgIpc) is 2.29. The third-order valence-corrected chi connectivity index (χ3v) is 2.47. The molecule has 1 atom stereocenters. The molecule has 1 rings (SSSR count). The Morgan fingerprint density at radius 2 is 2.00 bits per heavy atom. The lowest BCUT2D eigenvalue weighted by Crippen LogP contribution is -1.98. The SMILES string of the molecule is C=CC(C)CCCCOc1ccccc1. The molecule has 0 saturated heterocycles. The van der Waals surface area contributed by atoms with Gasteiger partial charge in [0, 0.05) is 0 Å². The van der Waals surface area contributed by atoms with Gasteiger partial charge in [0.05, 0.1) is 6.61 Å². The van der Waals surface area contributed by atoms with Crippen LogP contribution in [0.4, 0.5) is 0 Å². The largest absolute Gasteiger partial charge is 0.494 e. The van der Waals surface area contributed by atoms with E-state index in [4.69, 9.17) is 4.74 Å². The Kier molecular flexibility index (Phi) is 5.60. The monoisotopic (exact) mass is 204 g/mol. The smallest absolute Gasteiger partial charge is 0.119 e. The highest BCUT2D eigenvalue weighted by atomic mass is 16.5. The average molecular weight is 204 g/mol. The quantitative estimate of drug-likeness (QED) is 0.481. The van der Waals surface area contributed by atoms with Crippen molar-refractivity contribution < 1.29 is 4.74 Å². The van der Waals surface area contributed by atoms with E-state index in [1.54, 1.807) is 0 Å². The molecule has 1 aromatic rings. The predicted molar refractivity (Wildman–Crippen MR) is 65.1 cm³/mol. The first-order chi connectivity index (χ1) is 7.33. The van der Waals surface area contributed by atoms with Gasteiger partial charge in [-0.05, 0) is 37.3 Å². The molecule has 0 fully saturated rings. The van der Waals surface area contributed by atoms with Gasteiger partial charge in [-0.3, -0.25) is 0 Å². The summed E-state index contributed by atoms with van der Waals surface area (Å²) in [6.45, 7) is 6.79. The number of ether oxygens (including phenoxy) is 1. The molecule has 1 aromatic carbocycles. The van der Waals surface area contributed by atoms with E-state index >= 15 is 0 Å². The molecule has 1 unspecified atom stereocenters. The third kappa shape index (κ3) is 5.26. The first-order valence-electron chi connectivity index (χ1n) is 5.63. The summed E-state index contributed by atoms with van der Waals surface area (Å²) in [5, 5.41) is 0. The highest BCUT2D eigenvalue weighted by Gasteiger charge is 1.96. The minimum absolute atomic E-state index is 0.627. The molecular formula is C14H20O. The fourth-order valence-electron chi connectivity index (χ4n) is 1.39. The van der Waals surface area contributed by atoms with E-state index in [1.165, 1.54) is 12.8 Å². The Morgan fingerprint density at radius 1 is 1.27 bits per heavy atom. The highest BCUT2D eigenvalue weighted by molar-refractivity contribution is 5.20. The fourth-order valence-corrected chi connectivity index (χ4v) is 1.39. The second-order valence-corrected chi connectivity index (χ2v) is 3.87. The van der Waals surface area contributed by atoms with Crippen LogP contribution in [0.2, 0.25) is 0 Å². The zero-order chi connectivity index (χ0) is 10.9. The lowest BCUT2D eigenvalue weighted by Gasteiger charge is -2.07. The van der Waals surface area contributed by atoms with Gasteiger partial charge in [-0.25, -0.2) is 0 Å². The number of benzene rings is 1. The molecule has 0 amide bonds. The van der Waals surface area contributed by atoms with Crippen molar-refractivity contribution in [2.45, 2.75) is 26.2 Å². The summed E-state index contributed by atoms with van der Waals surface area (Å²) in [7, 11) is 0. The van der Waals surface area contributed by atoms with Crippen LogP contribution < -0.4 is 4.74 Å². The Hall–Kier alpha value is -1.24. The van der Waals surface area contributed by atoms with Gasteiger partial charge in [0.1, 0.15) is 5.75 Å². The first kappa shape index (κ1) is 11.8. The maximum absolute atomic E-state index is 5.60. The predicted octanol–water partition coefficient (Wildman–Crippen LogP) is 4.06. The molecule has 15 heavy (non-hydrogen) atoms. The minimum atomic E-state index is 0.627. The molecule has 0 aliphatic carbocycles. The van der Waals surface area contributed by atoms with Crippen molar-refractivity contribution in [3.8, 4) is 5.75 Å². The molecule has 1 heteroatoms. The fraction of sp³-hybridized carbons (Fsp3) is 0.429. The van der Waals surface area contributed by atoms with Crippen molar-refractivity contribution >= 4 is 0 Å². The Balaban J connectivity index is 2.05. The first-order valence-corrected chi connectivity index (χ1v) is 5.63. The molecule has 82 valence electrons. The van der Waals surface area contributed by atoms with Gasteiger partial charge >= 0.3 is 0 Å². The van der Waals surface area contributed by atoms with E-state index in [-0.39, 0.29) is 0 Å².